The number of aromatic nitrogens is 1. The second-order valence-corrected chi connectivity index (χ2v) is 6.57. The van der Waals surface area contributed by atoms with Gasteiger partial charge in [-0.25, -0.2) is 4.98 Å². The highest BCUT2D eigenvalue weighted by atomic mass is 16.5. The van der Waals surface area contributed by atoms with Crippen LogP contribution in [0.3, 0.4) is 0 Å². The average Bonchev–Trinajstić information content (AvgIpc) is 2.67. The number of amides is 1. The van der Waals surface area contributed by atoms with E-state index in [1.165, 1.54) is 0 Å². The van der Waals surface area contributed by atoms with Crippen LogP contribution in [0.4, 0.5) is 5.82 Å². The van der Waals surface area contributed by atoms with Gasteiger partial charge in [0.15, 0.2) is 0 Å². The monoisotopic (exact) mass is 351 g/mol. The molecule has 1 saturated heterocycles. The normalized spacial score (nSPS) is 14.9. The molecule has 2 heterocycles. The van der Waals surface area contributed by atoms with Crippen molar-refractivity contribution in [3.8, 4) is 5.75 Å². The number of benzene rings is 1. The molecule has 3 rings (SSSR count). The molecule has 1 aromatic carbocycles. The Morgan fingerprint density at radius 1 is 1.12 bits per heavy atom. The van der Waals surface area contributed by atoms with Gasteiger partial charge in [0, 0.05) is 38.5 Å². The minimum atomic E-state index is 0.0425. The third kappa shape index (κ3) is 4.85. The van der Waals surface area contributed by atoms with E-state index in [9.17, 15) is 4.79 Å². The van der Waals surface area contributed by atoms with Gasteiger partial charge in [0.2, 0.25) is 5.91 Å². The Hall–Kier alpha value is -2.82. The molecule has 0 spiro atoms. The summed E-state index contributed by atoms with van der Waals surface area (Å²) in [5, 5.41) is 0. The van der Waals surface area contributed by atoms with Gasteiger partial charge in [-0.2, -0.15) is 0 Å². The number of anilines is 1. The molecule has 1 aromatic heterocycles. The number of pyridine rings is 1. The van der Waals surface area contributed by atoms with Crippen molar-refractivity contribution >= 4 is 17.8 Å². The highest BCUT2D eigenvalue weighted by Gasteiger charge is 2.20. The Bertz CT molecular complexity index is 751. The van der Waals surface area contributed by atoms with Gasteiger partial charge in [0.05, 0.1) is 6.10 Å². The van der Waals surface area contributed by atoms with Crippen LogP contribution in [0.5, 0.6) is 5.75 Å². The van der Waals surface area contributed by atoms with Crippen LogP contribution in [0.25, 0.3) is 6.08 Å². The maximum atomic E-state index is 12.5. The standard InChI is InChI=1S/C21H25N3O2/c1-17(2)26-19-7-5-6-18(16-19)9-10-21(25)24-14-12-23(13-15-24)20-8-3-4-11-22-20/h3-11,16-17H,12-15H2,1-2H3/b10-9+. The van der Waals surface area contributed by atoms with Crippen LogP contribution >= 0.6 is 0 Å². The van der Waals surface area contributed by atoms with E-state index < -0.39 is 0 Å². The average molecular weight is 351 g/mol. The van der Waals surface area contributed by atoms with Crippen LogP contribution in [0.2, 0.25) is 0 Å². The molecule has 26 heavy (non-hydrogen) atoms. The molecule has 0 saturated carbocycles. The summed E-state index contributed by atoms with van der Waals surface area (Å²) in [5.74, 6) is 1.83. The van der Waals surface area contributed by atoms with E-state index in [2.05, 4.69) is 9.88 Å². The number of rotatable bonds is 5. The number of hydrogen-bond donors (Lipinski definition) is 0. The van der Waals surface area contributed by atoms with Crippen LogP contribution in [0.1, 0.15) is 19.4 Å². The van der Waals surface area contributed by atoms with E-state index in [4.69, 9.17) is 4.74 Å². The first-order valence-corrected chi connectivity index (χ1v) is 9.01. The zero-order chi connectivity index (χ0) is 18.4. The van der Waals surface area contributed by atoms with Gasteiger partial charge in [0.1, 0.15) is 11.6 Å². The molecule has 1 amide bonds. The molecule has 0 unspecified atom stereocenters. The Morgan fingerprint density at radius 3 is 2.62 bits per heavy atom. The predicted octanol–water partition coefficient (Wildman–Crippen LogP) is 3.23. The molecular formula is C21H25N3O2. The first-order chi connectivity index (χ1) is 12.6. The largest absolute Gasteiger partial charge is 0.491 e. The number of nitrogens with zero attached hydrogens (tertiary/aromatic N) is 3. The van der Waals surface area contributed by atoms with Gasteiger partial charge in [-0.15, -0.1) is 0 Å². The number of ether oxygens (including phenoxy) is 1. The number of piperazine rings is 1. The molecule has 0 bridgehead atoms. The van der Waals surface area contributed by atoms with Crippen molar-refractivity contribution in [1.29, 1.82) is 0 Å². The van der Waals surface area contributed by atoms with E-state index in [-0.39, 0.29) is 12.0 Å². The lowest BCUT2D eigenvalue weighted by Gasteiger charge is -2.34. The minimum absolute atomic E-state index is 0.0425. The zero-order valence-electron chi connectivity index (χ0n) is 15.3. The fourth-order valence-corrected chi connectivity index (χ4v) is 2.93. The summed E-state index contributed by atoms with van der Waals surface area (Å²) in [6, 6.07) is 13.7. The van der Waals surface area contributed by atoms with Crippen molar-refractivity contribution < 1.29 is 9.53 Å². The molecule has 5 nitrogen and oxygen atoms in total. The molecule has 0 N–H and O–H groups in total. The predicted molar refractivity (Wildman–Crippen MR) is 104 cm³/mol. The lowest BCUT2D eigenvalue weighted by molar-refractivity contribution is -0.126. The van der Waals surface area contributed by atoms with E-state index in [1.807, 2.05) is 67.3 Å². The topological polar surface area (TPSA) is 45.7 Å². The van der Waals surface area contributed by atoms with Crippen molar-refractivity contribution in [2.24, 2.45) is 0 Å². The second-order valence-electron chi connectivity index (χ2n) is 6.57. The highest BCUT2D eigenvalue weighted by Crippen LogP contribution is 2.17. The quantitative estimate of drug-likeness (QED) is 0.776. The Kier molecular flexibility index (Phi) is 5.89. The van der Waals surface area contributed by atoms with E-state index >= 15 is 0 Å². The zero-order valence-corrected chi connectivity index (χ0v) is 15.3. The van der Waals surface area contributed by atoms with Crippen LogP contribution in [0, 0.1) is 0 Å². The molecule has 2 aromatic rings. The van der Waals surface area contributed by atoms with Gasteiger partial charge in [0.25, 0.3) is 0 Å². The lowest BCUT2D eigenvalue weighted by Crippen LogP contribution is -2.48. The third-order valence-corrected chi connectivity index (χ3v) is 4.21. The van der Waals surface area contributed by atoms with Gasteiger partial charge in [-0.05, 0) is 49.8 Å². The summed E-state index contributed by atoms with van der Waals surface area (Å²) in [5.41, 5.74) is 0.962. The Morgan fingerprint density at radius 2 is 1.92 bits per heavy atom. The van der Waals surface area contributed by atoms with Crippen molar-refractivity contribution in [3.63, 3.8) is 0 Å². The maximum absolute atomic E-state index is 12.5. The Labute approximate surface area is 154 Å². The van der Waals surface area contributed by atoms with Crippen molar-refractivity contribution in [1.82, 2.24) is 9.88 Å². The third-order valence-electron chi connectivity index (χ3n) is 4.21. The number of carbonyl (C=O) groups is 1. The molecule has 1 fully saturated rings. The molecule has 0 radical (unpaired) electrons. The fraction of sp³-hybridized carbons (Fsp3) is 0.333. The van der Waals surface area contributed by atoms with Crippen molar-refractivity contribution in [3.05, 3.63) is 60.3 Å². The number of carbonyl (C=O) groups excluding carboxylic acids is 1. The second kappa shape index (κ2) is 8.52. The smallest absolute Gasteiger partial charge is 0.246 e. The molecule has 5 heteroatoms. The van der Waals surface area contributed by atoms with Gasteiger partial charge in [-0.1, -0.05) is 18.2 Å². The highest BCUT2D eigenvalue weighted by molar-refractivity contribution is 5.92. The van der Waals surface area contributed by atoms with Crippen LogP contribution in [-0.2, 0) is 4.79 Å². The molecule has 0 atom stereocenters. The summed E-state index contributed by atoms with van der Waals surface area (Å²) >= 11 is 0. The minimum Gasteiger partial charge on any atom is -0.491 e. The van der Waals surface area contributed by atoms with E-state index in [0.29, 0.717) is 13.1 Å². The summed E-state index contributed by atoms with van der Waals surface area (Å²) in [7, 11) is 0. The number of hydrogen-bond acceptors (Lipinski definition) is 4. The van der Waals surface area contributed by atoms with Crippen molar-refractivity contribution in [2.75, 3.05) is 31.1 Å². The van der Waals surface area contributed by atoms with Gasteiger partial charge < -0.3 is 14.5 Å². The molecule has 1 aliphatic heterocycles. The Balaban J connectivity index is 1.55. The molecule has 0 aliphatic carbocycles. The van der Waals surface area contributed by atoms with Crippen LogP contribution in [-0.4, -0.2) is 48.1 Å². The fourth-order valence-electron chi connectivity index (χ4n) is 2.93. The molecule has 136 valence electrons. The summed E-state index contributed by atoms with van der Waals surface area (Å²) in [6.07, 6.45) is 5.42. The van der Waals surface area contributed by atoms with Crippen LogP contribution < -0.4 is 9.64 Å². The summed E-state index contributed by atoms with van der Waals surface area (Å²) in [6.45, 7) is 7.00. The molecular weight excluding hydrogens is 326 g/mol. The van der Waals surface area contributed by atoms with E-state index in [0.717, 1.165) is 30.2 Å². The van der Waals surface area contributed by atoms with Gasteiger partial charge >= 0.3 is 0 Å². The summed E-state index contributed by atoms with van der Waals surface area (Å²) in [4.78, 5) is 20.9. The first kappa shape index (κ1) is 18.0. The SMILES string of the molecule is CC(C)Oc1cccc(/C=C/C(=O)N2CCN(c3ccccn3)CC2)c1. The lowest BCUT2D eigenvalue weighted by atomic mass is 10.2. The maximum Gasteiger partial charge on any atom is 0.246 e. The summed E-state index contributed by atoms with van der Waals surface area (Å²) < 4.78 is 5.69. The first-order valence-electron chi connectivity index (χ1n) is 9.01. The van der Waals surface area contributed by atoms with E-state index in [1.54, 1.807) is 12.3 Å². The van der Waals surface area contributed by atoms with Gasteiger partial charge in [-0.3, -0.25) is 4.79 Å². The van der Waals surface area contributed by atoms with Crippen LogP contribution in [0.15, 0.2) is 54.7 Å². The van der Waals surface area contributed by atoms with Crippen molar-refractivity contribution in [2.45, 2.75) is 20.0 Å². The molecule has 1 aliphatic rings.